The van der Waals surface area contributed by atoms with E-state index in [1.165, 1.54) is 24.8 Å². The van der Waals surface area contributed by atoms with Gasteiger partial charge in [-0.05, 0) is 50.1 Å². The van der Waals surface area contributed by atoms with Gasteiger partial charge >= 0.3 is 0 Å². The van der Waals surface area contributed by atoms with Crippen LogP contribution in [-0.4, -0.2) is 22.4 Å². The van der Waals surface area contributed by atoms with Gasteiger partial charge in [0.15, 0.2) is 0 Å². The van der Waals surface area contributed by atoms with Crippen molar-refractivity contribution in [3.8, 4) is 0 Å². The fourth-order valence-electron chi connectivity index (χ4n) is 3.07. The first-order chi connectivity index (χ1) is 8.24. The first kappa shape index (κ1) is 12.6. The zero-order valence-electron chi connectivity index (χ0n) is 11.3. The molecular formula is C14H25N3. The molecule has 2 rings (SSSR count). The lowest BCUT2D eigenvalue weighted by molar-refractivity contribution is 0.355. The number of aryl methyl sites for hydroxylation is 1. The number of hydrogen-bond donors (Lipinski definition) is 1. The highest BCUT2D eigenvalue weighted by Crippen LogP contribution is 2.34. The van der Waals surface area contributed by atoms with Crippen molar-refractivity contribution in [1.82, 2.24) is 15.1 Å². The van der Waals surface area contributed by atoms with E-state index in [2.05, 4.69) is 37.4 Å². The summed E-state index contributed by atoms with van der Waals surface area (Å²) in [5.74, 6) is 1.62. The van der Waals surface area contributed by atoms with Gasteiger partial charge in [-0.15, -0.1) is 0 Å². The molecule has 1 aliphatic rings. The van der Waals surface area contributed by atoms with E-state index in [0.29, 0.717) is 0 Å². The second-order valence-corrected chi connectivity index (χ2v) is 5.27. The van der Waals surface area contributed by atoms with Gasteiger partial charge in [-0.2, -0.15) is 5.10 Å². The zero-order valence-corrected chi connectivity index (χ0v) is 11.3. The molecular weight excluding hydrogens is 210 g/mol. The highest BCUT2D eigenvalue weighted by Gasteiger charge is 2.32. The lowest BCUT2D eigenvalue weighted by Gasteiger charge is -2.20. The highest BCUT2D eigenvalue weighted by molar-refractivity contribution is 5.07. The number of hydrogen-bond acceptors (Lipinski definition) is 2. The van der Waals surface area contributed by atoms with Crippen molar-refractivity contribution in [3.05, 3.63) is 18.0 Å². The molecule has 3 nitrogen and oxygen atoms in total. The van der Waals surface area contributed by atoms with Gasteiger partial charge in [-0.1, -0.05) is 13.8 Å². The summed E-state index contributed by atoms with van der Waals surface area (Å²) in [7, 11) is 0. The Hall–Kier alpha value is -0.830. The second-order valence-electron chi connectivity index (χ2n) is 5.27. The van der Waals surface area contributed by atoms with Crippen LogP contribution >= 0.6 is 0 Å². The summed E-state index contributed by atoms with van der Waals surface area (Å²) < 4.78 is 2.02. The largest absolute Gasteiger partial charge is 0.314 e. The SMILES string of the molecule is CCNC1CCC(Cc2cnn(CC)c2)C1C. The first-order valence-corrected chi connectivity index (χ1v) is 6.99. The summed E-state index contributed by atoms with van der Waals surface area (Å²) >= 11 is 0. The topological polar surface area (TPSA) is 29.9 Å². The van der Waals surface area contributed by atoms with E-state index < -0.39 is 0 Å². The molecule has 0 bridgehead atoms. The molecule has 0 amide bonds. The van der Waals surface area contributed by atoms with E-state index in [0.717, 1.165) is 31.0 Å². The number of rotatable bonds is 5. The van der Waals surface area contributed by atoms with Crippen molar-refractivity contribution in [2.45, 2.75) is 52.6 Å². The third-order valence-electron chi connectivity index (χ3n) is 4.20. The van der Waals surface area contributed by atoms with Gasteiger partial charge in [0.25, 0.3) is 0 Å². The van der Waals surface area contributed by atoms with Gasteiger partial charge in [0.1, 0.15) is 0 Å². The summed E-state index contributed by atoms with van der Waals surface area (Å²) in [4.78, 5) is 0. The van der Waals surface area contributed by atoms with Crippen molar-refractivity contribution in [2.75, 3.05) is 6.54 Å². The smallest absolute Gasteiger partial charge is 0.0521 e. The van der Waals surface area contributed by atoms with Gasteiger partial charge in [0.2, 0.25) is 0 Å². The summed E-state index contributed by atoms with van der Waals surface area (Å²) in [5, 5.41) is 7.96. The van der Waals surface area contributed by atoms with Crippen LogP contribution in [0.2, 0.25) is 0 Å². The van der Waals surface area contributed by atoms with Crippen molar-refractivity contribution < 1.29 is 0 Å². The van der Waals surface area contributed by atoms with E-state index in [1.807, 2.05) is 10.9 Å². The Morgan fingerprint density at radius 1 is 1.41 bits per heavy atom. The minimum absolute atomic E-state index is 0.728. The van der Waals surface area contributed by atoms with E-state index in [-0.39, 0.29) is 0 Å². The standard InChI is InChI=1S/C14H25N3/c1-4-15-14-7-6-13(11(14)3)8-12-9-16-17(5-2)10-12/h9-11,13-15H,4-8H2,1-3H3. The molecule has 1 heterocycles. The Kier molecular flexibility index (Phi) is 4.21. The molecule has 3 heteroatoms. The Morgan fingerprint density at radius 2 is 2.24 bits per heavy atom. The molecule has 1 saturated carbocycles. The molecule has 0 aliphatic heterocycles. The molecule has 0 spiro atoms. The molecule has 1 N–H and O–H groups in total. The lowest BCUT2D eigenvalue weighted by Crippen LogP contribution is -2.32. The third kappa shape index (κ3) is 2.89. The zero-order chi connectivity index (χ0) is 12.3. The molecule has 1 aliphatic carbocycles. The lowest BCUT2D eigenvalue weighted by atomic mass is 9.90. The van der Waals surface area contributed by atoms with Crippen LogP contribution in [0.1, 0.15) is 39.2 Å². The normalized spacial score (nSPS) is 28.8. The third-order valence-corrected chi connectivity index (χ3v) is 4.20. The molecule has 0 radical (unpaired) electrons. The van der Waals surface area contributed by atoms with Gasteiger partial charge < -0.3 is 5.32 Å². The summed E-state index contributed by atoms with van der Waals surface area (Å²) in [6.45, 7) is 8.80. The van der Waals surface area contributed by atoms with Crippen LogP contribution in [0.3, 0.4) is 0 Å². The molecule has 1 aromatic heterocycles. The quantitative estimate of drug-likeness (QED) is 0.849. The molecule has 17 heavy (non-hydrogen) atoms. The van der Waals surface area contributed by atoms with Gasteiger partial charge in [-0.25, -0.2) is 0 Å². The second kappa shape index (κ2) is 5.67. The Labute approximate surface area is 105 Å². The first-order valence-electron chi connectivity index (χ1n) is 6.99. The molecule has 3 atom stereocenters. The Morgan fingerprint density at radius 3 is 2.88 bits per heavy atom. The number of aromatic nitrogens is 2. The molecule has 0 saturated heterocycles. The van der Waals surface area contributed by atoms with Crippen molar-refractivity contribution >= 4 is 0 Å². The maximum Gasteiger partial charge on any atom is 0.0521 e. The van der Waals surface area contributed by atoms with Crippen LogP contribution in [0.15, 0.2) is 12.4 Å². The predicted molar refractivity (Wildman–Crippen MR) is 71.0 cm³/mol. The maximum atomic E-state index is 4.36. The van der Waals surface area contributed by atoms with E-state index in [9.17, 15) is 0 Å². The fraction of sp³-hybridized carbons (Fsp3) is 0.786. The van der Waals surface area contributed by atoms with Crippen LogP contribution in [0.5, 0.6) is 0 Å². The molecule has 1 aromatic rings. The van der Waals surface area contributed by atoms with Crippen LogP contribution in [-0.2, 0) is 13.0 Å². The Bertz CT molecular complexity index is 345. The Balaban J connectivity index is 1.91. The predicted octanol–water partition coefficient (Wildman–Crippen LogP) is 2.47. The van der Waals surface area contributed by atoms with E-state index >= 15 is 0 Å². The van der Waals surface area contributed by atoms with Gasteiger partial charge in [0, 0.05) is 18.8 Å². The van der Waals surface area contributed by atoms with Crippen LogP contribution < -0.4 is 5.32 Å². The monoisotopic (exact) mass is 235 g/mol. The molecule has 96 valence electrons. The van der Waals surface area contributed by atoms with E-state index in [1.54, 1.807) is 0 Å². The number of nitrogens with one attached hydrogen (secondary N) is 1. The summed E-state index contributed by atoms with van der Waals surface area (Å²) in [5.41, 5.74) is 1.40. The van der Waals surface area contributed by atoms with Gasteiger partial charge in [-0.3, -0.25) is 4.68 Å². The maximum absolute atomic E-state index is 4.36. The molecule has 0 aromatic carbocycles. The minimum Gasteiger partial charge on any atom is -0.314 e. The summed E-state index contributed by atoms with van der Waals surface area (Å²) in [6.07, 6.45) is 8.13. The highest BCUT2D eigenvalue weighted by atomic mass is 15.3. The fourth-order valence-corrected chi connectivity index (χ4v) is 3.07. The van der Waals surface area contributed by atoms with Crippen molar-refractivity contribution in [1.29, 1.82) is 0 Å². The summed E-state index contributed by atoms with van der Waals surface area (Å²) in [6, 6.07) is 0.728. The average molecular weight is 235 g/mol. The van der Waals surface area contributed by atoms with Crippen LogP contribution in [0.25, 0.3) is 0 Å². The number of nitrogens with zero attached hydrogens (tertiary/aromatic N) is 2. The van der Waals surface area contributed by atoms with Gasteiger partial charge in [0.05, 0.1) is 6.20 Å². The van der Waals surface area contributed by atoms with Crippen molar-refractivity contribution in [2.24, 2.45) is 11.8 Å². The van der Waals surface area contributed by atoms with Crippen LogP contribution in [0, 0.1) is 11.8 Å². The van der Waals surface area contributed by atoms with E-state index in [4.69, 9.17) is 0 Å². The molecule has 3 unspecified atom stereocenters. The average Bonchev–Trinajstić information content (AvgIpc) is 2.91. The molecule has 1 fully saturated rings. The van der Waals surface area contributed by atoms with Crippen molar-refractivity contribution in [3.63, 3.8) is 0 Å². The minimum atomic E-state index is 0.728. The van der Waals surface area contributed by atoms with Crippen LogP contribution in [0.4, 0.5) is 0 Å².